The molecular weight excluding hydrogens is 731 g/mol. The van der Waals surface area contributed by atoms with Gasteiger partial charge >= 0.3 is 5.97 Å². The Labute approximate surface area is 368 Å². The molecule has 2 atom stereocenters. The van der Waals surface area contributed by atoms with Crippen molar-refractivity contribution in [3.05, 3.63) is 0 Å². The van der Waals surface area contributed by atoms with Gasteiger partial charge in [-0.05, 0) is 25.7 Å². The molecule has 0 radical (unpaired) electrons. The van der Waals surface area contributed by atoms with Gasteiger partial charge in [-0.2, -0.15) is 0 Å². The van der Waals surface area contributed by atoms with Gasteiger partial charge in [0.15, 0.2) is 0 Å². The number of amides is 1. The summed E-state index contributed by atoms with van der Waals surface area (Å²) in [6, 6.07) is -0.545. The van der Waals surface area contributed by atoms with Crippen LogP contribution >= 0.6 is 0 Å². The Balaban J connectivity index is 3.41. The first-order valence-corrected chi connectivity index (χ1v) is 26.8. The maximum Gasteiger partial charge on any atom is 0.305 e. The zero-order valence-electron chi connectivity index (χ0n) is 40.0. The van der Waals surface area contributed by atoms with Gasteiger partial charge in [0.2, 0.25) is 5.91 Å². The van der Waals surface area contributed by atoms with Gasteiger partial charge in [0.25, 0.3) is 0 Å². The molecule has 0 aliphatic rings. The number of hydrogen-bond acceptors (Lipinski definition) is 5. The molecule has 0 aromatic heterocycles. The summed E-state index contributed by atoms with van der Waals surface area (Å²) in [4.78, 5) is 24.5. The van der Waals surface area contributed by atoms with E-state index >= 15 is 0 Å². The summed E-state index contributed by atoms with van der Waals surface area (Å²) in [7, 11) is 0. The van der Waals surface area contributed by atoms with Crippen LogP contribution in [-0.4, -0.2) is 47.4 Å². The molecule has 0 rings (SSSR count). The van der Waals surface area contributed by atoms with Gasteiger partial charge < -0.3 is 20.3 Å². The topological polar surface area (TPSA) is 95.9 Å². The minimum atomic E-state index is -0.667. The van der Waals surface area contributed by atoms with Crippen LogP contribution in [0.3, 0.4) is 0 Å². The molecule has 6 heteroatoms. The van der Waals surface area contributed by atoms with Crippen molar-refractivity contribution in [2.45, 2.75) is 315 Å². The predicted molar refractivity (Wildman–Crippen MR) is 255 cm³/mol. The van der Waals surface area contributed by atoms with Gasteiger partial charge in [0.1, 0.15) is 0 Å². The Hall–Kier alpha value is -1.14. The molecule has 0 spiro atoms. The normalized spacial score (nSPS) is 12.5. The quantitative estimate of drug-likeness (QED) is 0.0419. The van der Waals surface area contributed by atoms with Gasteiger partial charge in [-0.25, -0.2) is 0 Å². The molecule has 0 fully saturated rings. The second-order valence-corrected chi connectivity index (χ2v) is 18.6. The van der Waals surface area contributed by atoms with E-state index in [1.807, 2.05) is 0 Å². The van der Waals surface area contributed by atoms with Crippen molar-refractivity contribution in [2.75, 3.05) is 13.2 Å². The van der Waals surface area contributed by atoms with Gasteiger partial charge in [0, 0.05) is 12.8 Å². The molecule has 0 heterocycles. The number of carbonyl (C=O) groups is 2. The smallest absolute Gasteiger partial charge is 0.305 e. The highest BCUT2D eigenvalue weighted by Gasteiger charge is 2.20. The van der Waals surface area contributed by atoms with E-state index in [-0.39, 0.29) is 18.5 Å². The number of ether oxygens (including phenoxy) is 1. The summed E-state index contributed by atoms with van der Waals surface area (Å²) in [5.41, 5.74) is 0. The van der Waals surface area contributed by atoms with Crippen LogP contribution < -0.4 is 5.32 Å². The van der Waals surface area contributed by atoms with Crippen molar-refractivity contribution in [3.63, 3.8) is 0 Å². The number of rotatable bonds is 50. The van der Waals surface area contributed by atoms with Gasteiger partial charge in [0.05, 0.1) is 25.4 Å². The zero-order valence-corrected chi connectivity index (χ0v) is 40.0. The summed E-state index contributed by atoms with van der Waals surface area (Å²) in [5, 5.41) is 23.2. The van der Waals surface area contributed by atoms with E-state index in [9.17, 15) is 19.8 Å². The molecule has 0 aliphatic heterocycles. The fourth-order valence-corrected chi connectivity index (χ4v) is 8.52. The van der Waals surface area contributed by atoms with Gasteiger partial charge in [-0.1, -0.05) is 264 Å². The fraction of sp³-hybridized carbons (Fsp3) is 0.962. The minimum Gasteiger partial charge on any atom is -0.466 e. The van der Waals surface area contributed by atoms with Crippen molar-refractivity contribution in [1.82, 2.24) is 5.32 Å². The van der Waals surface area contributed by atoms with Crippen LogP contribution in [0.5, 0.6) is 0 Å². The second-order valence-electron chi connectivity index (χ2n) is 18.6. The van der Waals surface area contributed by atoms with E-state index in [0.29, 0.717) is 25.9 Å². The predicted octanol–water partition coefficient (Wildman–Crippen LogP) is 16.0. The van der Waals surface area contributed by atoms with Crippen LogP contribution in [0.25, 0.3) is 0 Å². The van der Waals surface area contributed by atoms with Crippen LogP contribution in [0.4, 0.5) is 0 Å². The number of unbranched alkanes of at least 4 members (excludes halogenated alkanes) is 39. The van der Waals surface area contributed by atoms with Crippen molar-refractivity contribution < 1.29 is 24.5 Å². The lowest BCUT2D eigenvalue weighted by Crippen LogP contribution is -2.45. The Morgan fingerprint density at radius 2 is 0.695 bits per heavy atom. The highest BCUT2D eigenvalue weighted by molar-refractivity contribution is 5.76. The lowest BCUT2D eigenvalue weighted by Gasteiger charge is -2.22. The van der Waals surface area contributed by atoms with Crippen molar-refractivity contribution in [3.8, 4) is 0 Å². The molecule has 352 valence electrons. The van der Waals surface area contributed by atoms with Gasteiger partial charge in [-0.3, -0.25) is 9.59 Å². The van der Waals surface area contributed by atoms with Crippen LogP contribution in [0.1, 0.15) is 303 Å². The van der Waals surface area contributed by atoms with Crippen molar-refractivity contribution in [1.29, 1.82) is 0 Å². The Morgan fingerprint density at radius 3 is 1.03 bits per heavy atom. The average molecular weight is 836 g/mol. The lowest BCUT2D eigenvalue weighted by atomic mass is 10.0. The largest absolute Gasteiger partial charge is 0.466 e. The lowest BCUT2D eigenvalue weighted by molar-refractivity contribution is -0.143. The highest BCUT2D eigenvalue weighted by Crippen LogP contribution is 2.17. The summed E-state index contributed by atoms with van der Waals surface area (Å²) in [6.45, 7) is 4.95. The summed E-state index contributed by atoms with van der Waals surface area (Å²) >= 11 is 0. The third-order valence-electron chi connectivity index (χ3n) is 12.7. The van der Waals surface area contributed by atoms with E-state index in [0.717, 1.165) is 44.9 Å². The van der Waals surface area contributed by atoms with Crippen molar-refractivity contribution in [2.24, 2.45) is 0 Å². The number of nitrogens with one attached hydrogen (secondary N) is 1. The first kappa shape index (κ1) is 57.9. The maximum absolute atomic E-state index is 12.4. The van der Waals surface area contributed by atoms with E-state index in [4.69, 9.17) is 4.74 Å². The van der Waals surface area contributed by atoms with E-state index < -0.39 is 12.1 Å². The van der Waals surface area contributed by atoms with E-state index in [2.05, 4.69) is 19.2 Å². The highest BCUT2D eigenvalue weighted by atomic mass is 16.5. The Kier molecular flexibility index (Phi) is 48.6. The third kappa shape index (κ3) is 46.2. The standard InChI is InChI=1S/C53H105NO5/c1-3-5-7-9-11-13-15-17-23-27-31-35-39-43-47-53(58)59-48-44-40-36-32-28-24-20-18-19-22-26-30-34-38-42-46-52(57)54-50(49-55)51(56)45-41-37-33-29-25-21-16-14-12-10-8-6-4-2/h50-51,55-56H,3-49H2,1-2H3,(H,54,57). The molecule has 0 saturated heterocycles. The molecule has 0 aliphatic carbocycles. The van der Waals surface area contributed by atoms with Crippen molar-refractivity contribution >= 4 is 11.9 Å². The molecule has 3 N–H and O–H groups in total. The maximum atomic E-state index is 12.4. The summed E-state index contributed by atoms with van der Waals surface area (Å²) in [5.74, 6) is -0.0384. The third-order valence-corrected chi connectivity index (χ3v) is 12.7. The van der Waals surface area contributed by atoms with Crippen LogP contribution in [0.15, 0.2) is 0 Å². The minimum absolute atomic E-state index is 0.00354. The van der Waals surface area contributed by atoms with Gasteiger partial charge in [-0.15, -0.1) is 0 Å². The Bertz CT molecular complexity index is 837. The van der Waals surface area contributed by atoms with Crippen LogP contribution in [0.2, 0.25) is 0 Å². The molecule has 1 amide bonds. The number of esters is 1. The summed E-state index contributed by atoms with van der Waals surface area (Å²) < 4.78 is 5.47. The fourth-order valence-electron chi connectivity index (χ4n) is 8.52. The summed E-state index contributed by atoms with van der Waals surface area (Å²) in [6.07, 6.45) is 55.0. The number of hydrogen-bond donors (Lipinski definition) is 3. The first-order valence-electron chi connectivity index (χ1n) is 26.8. The van der Waals surface area contributed by atoms with E-state index in [1.165, 1.54) is 225 Å². The molecule has 0 aromatic carbocycles. The molecule has 0 aromatic rings. The zero-order chi connectivity index (χ0) is 43.0. The van der Waals surface area contributed by atoms with Crippen LogP contribution in [0, 0.1) is 0 Å². The molecule has 2 unspecified atom stereocenters. The average Bonchev–Trinajstić information content (AvgIpc) is 3.24. The SMILES string of the molecule is CCCCCCCCCCCCCCCCC(=O)OCCCCCCCCCCCCCCCCCC(=O)NC(CO)C(O)CCCCCCCCCCCCCCC. The van der Waals surface area contributed by atoms with E-state index in [1.54, 1.807) is 0 Å². The number of aliphatic hydroxyl groups is 2. The Morgan fingerprint density at radius 1 is 0.407 bits per heavy atom. The molecule has 0 bridgehead atoms. The molecule has 6 nitrogen and oxygen atoms in total. The molecular formula is C53H105NO5. The number of aliphatic hydroxyl groups excluding tert-OH is 2. The number of carbonyl (C=O) groups excluding carboxylic acids is 2. The second kappa shape index (κ2) is 49.5. The molecule has 0 saturated carbocycles. The monoisotopic (exact) mass is 836 g/mol. The molecule has 59 heavy (non-hydrogen) atoms. The van der Waals surface area contributed by atoms with Crippen LogP contribution in [-0.2, 0) is 14.3 Å². The first-order chi connectivity index (χ1) is 29.0.